The van der Waals surface area contributed by atoms with E-state index in [1.54, 1.807) is 6.07 Å². The number of nitrogens with one attached hydrogen (secondary N) is 1. The molecule has 0 aromatic heterocycles. The van der Waals surface area contributed by atoms with Crippen molar-refractivity contribution in [2.75, 3.05) is 13.6 Å². The Morgan fingerprint density at radius 1 is 1.28 bits per heavy atom. The topological polar surface area (TPSA) is 21.3 Å². The van der Waals surface area contributed by atoms with E-state index in [-0.39, 0.29) is 6.10 Å². The predicted octanol–water partition coefficient (Wildman–Crippen LogP) is 4.46. The van der Waals surface area contributed by atoms with Gasteiger partial charge in [0.25, 0.3) is 0 Å². The maximum absolute atomic E-state index is 6.19. The number of ether oxygens (including phenoxy) is 1. The Bertz CT molecular complexity index is 359. The first kappa shape index (κ1) is 15.6. The molecule has 0 bridgehead atoms. The summed E-state index contributed by atoms with van der Waals surface area (Å²) in [7, 11) is 1.95. The van der Waals surface area contributed by atoms with Gasteiger partial charge in [-0.3, -0.25) is 0 Å². The Morgan fingerprint density at radius 2 is 2.00 bits per heavy atom. The summed E-state index contributed by atoms with van der Waals surface area (Å²) in [6, 6.07) is 3.61. The van der Waals surface area contributed by atoms with Gasteiger partial charge in [-0.05, 0) is 51.1 Å². The number of rotatable bonds is 7. The minimum Gasteiger partial charge on any atom is -0.489 e. The zero-order valence-corrected chi connectivity index (χ0v) is 12.7. The first-order valence-corrected chi connectivity index (χ1v) is 7.11. The molecule has 0 aliphatic heterocycles. The molecule has 0 fully saturated rings. The number of hydrogen-bond acceptors (Lipinski definition) is 2. The largest absolute Gasteiger partial charge is 0.489 e. The van der Waals surface area contributed by atoms with Crippen molar-refractivity contribution < 1.29 is 4.74 Å². The van der Waals surface area contributed by atoms with Gasteiger partial charge in [0.2, 0.25) is 0 Å². The summed E-state index contributed by atoms with van der Waals surface area (Å²) in [5.74, 6) is 0.760. The third kappa shape index (κ3) is 4.68. The Morgan fingerprint density at radius 3 is 2.56 bits per heavy atom. The SMILES string of the molecule is CCC[C@@H](CCNC)Oc1c(C)cc(Cl)cc1Cl. The highest BCUT2D eigenvalue weighted by Crippen LogP contribution is 2.33. The van der Waals surface area contributed by atoms with Crippen LogP contribution in [0.5, 0.6) is 5.75 Å². The van der Waals surface area contributed by atoms with Gasteiger partial charge in [-0.2, -0.15) is 0 Å². The van der Waals surface area contributed by atoms with Crippen LogP contribution >= 0.6 is 23.2 Å². The molecule has 0 heterocycles. The maximum atomic E-state index is 6.19. The molecule has 0 amide bonds. The molecule has 0 radical (unpaired) electrons. The monoisotopic (exact) mass is 289 g/mol. The van der Waals surface area contributed by atoms with Crippen molar-refractivity contribution in [1.29, 1.82) is 0 Å². The van der Waals surface area contributed by atoms with Gasteiger partial charge in [0, 0.05) is 5.02 Å². The first-order valence-electron chi connectivity index (χ1n) is 6.35. The van der Waals surface area contributed by atoms with Crippen LogP contribution in [0.4, 0.5) is 0 Å². The van der Waals surface area contributed by atoms with Crippen LogP contribution in [0.2, 0.25) is 10.0 Å². The van der Waals surface area contributed by atoms with Crippen molar-refractivity contribution in [3.05, 3.63) is 27.7 Å². The Hall–Kier alpha value is -0.440. The van der Waals surface area contributed by atoms with E-state index >= 15 is 0 Å². The van der Waals surface area contributed by atoms with E-state index in [2.05, 4.69) is 12.2 Å². The van der Waals surface area contributed by atoms with E-state index in [0.717, 1.165) is 37.1 Å². The molecule has 4 heteroatoms. The molecule has 1 atom stereocenters. The van der Waals surface area contributed by atoms with Crippen LogP contribution in [0.15, 0.2) is 12.1 Å². The molecule has 1 rings (SSSR count). The Kier molecular flexibility index (Phi) is 6.83. The summed E-state index contributed by atoms with van der Waals surface area (Å²) in [5, 5.41) is 4.38. The molecule has 18 heavy (non-hydrogen) atoms. The molecule has 0 saturated carbocycles. The standard InChI is InChI=1S/C14H21Cl2NO/c1-4-5-12(6-7-17-3)18-14-10(2)8-11(15)9-13(14)16/h8-9,12,17H,4-7H2,1-3H3/t12-/m0/s1. The lowest BCUT2D eigenvalue weighted by atomic mass is 10.1. The second-order valence-electron chi connectivity index (χ2n) is 4.45. The van der Waals surface area contributed by atoms with Crippen molar-refractivity contribution >= 4 is 23.2 Å². The van der Waals surface area contributed by atoms with E-state index < -0.39 is 0 Å². The molecule has 0 unspecified atom stereocenters. The van der Waals surface area contributed by atoms with E-state index in [1.165, 1.54) is 0 Å². The molecule has 102 valence electrons. The van der Waals surface area contributed by atoms with Gasteiger partial charge in [0.1, 0.15) is 5.75 Å². The van der Waals surface area contributed by atoms with Crippen molar-refractivity contribution in [2.45, 2.75) is 39.2 Å². The third-order valence-corrected chi connectivity index (χ3v) is 3.30. The molecule has 1 aromatic rings. The summed E-state index contributed by atoms with van der Waals surface area (Å²) in [6.45, 7) is 5.06. The fourth-order valence-corrected chi connectivity index (χ4v) is 2.53. The molecule has 1 aromatic carbocycles. The highest BCUT2D eigenvalue weighted by Gasteiger charge is 2.14. The third-order valence-electron chi connectivity index (χ3n) is 2.81. The Labute approximate surface area is 120 Å². The van der Waals surface area contributed by atoms with Crippen LogP contribution in [0.1, 0.15) is 31.7 Å². The molecular weight excluding hydrogens is 269 g/mol. The molecule has 0 saturated heterocycles. The van der Waals surface area contributed by atoms with E-state index in [0.29, 0.717) is 10.0 Å². The molecule has 1 N–H and O–H groups in total. The average Bonchev–Trinajstić information content (AvgIpc) is 2.30. The van der Waals surface area contributed by atoms with Gasteiger partial charge < -0.3 is 10.1 Å². The van der Waals surface area contributed by atoms with Crippen LogP contribution in [-0.4, -0.2) is 19.7 Å². The zero-order valence-electron chi connectivity index (χ0n) is 11.2. The lowest BCUT2D eigenvalue weighted by Gasteiger charge is -2.21. The highest BCUT2D eigenvalue weighted by atomic mass is 35.5. The number of aryl methyl sites for hydroxylation is 1. The molecule has 2 nitrogen and oxygen atoms in total. The second kappa shape index (κ2) is 7.88. The van der Waals surface area contributed by atoms with Crippen LogP contribution in [0.3, 0.4) is 0 Å². The molecule has 0 aliphatic rings. The van der Waals surface area contributed by atoms with Crippen molar-refractivity contribution in [2.24, 2.45) is 0 Å². The average molecular weight is 290 g/mol. The Balaban J connectivity index is 2.79. The van der Waals surface area contributed by atoms with Gasteiger partial charge in [0.05, 0.1) is 11.1 Å². The van der Waals surface area contributed by atoms with Crippen molar-refractivity contribution in [3.8, 4) is 5.75 Å². The van der Waals surface area contributed by atoms with Crippen molar-refractivity contribution in [3.63, 3.8) is 0 Å². The molecular formula is C14H21Cl2NO. The van der Waals surface area contributed by atoms with Crippen LogP contribution in [0, 0.1) is 6.92 Å². The van der Waals surface area contributed by atoms with Gasteiger partial charge in [-0.15, -0.1) is 0 Å². The van der Waals surface area contributed by atoms with Crippen LogP contribution in [0.25, 0.3) is 0 Å². The van der Waals surface area contributed by atoms with Gasteiger partial charge in [-0.1, -0.05) is 36.5 Å². The number of halogens is 2. The smallest absolute Gasteiger partial charge is 0.141 e. The van der Waals surface area contributed by atoms with E-state index in [1.807, 2.05) is 20.0 Å². The van der Waals surface area contributed by atoms with Crippen molar-refractivity contribution in [1.82, 2.24) is 5.32 Å². The second-order valence-corrected chi connectivity index (χ2v) is 5.30. The minimum absolute atomic E-state index is 0.194. The normalized spacial score (nSPS) is 12.5. The zero-order chi connectivity index (χ0) is 13.5. The molecule has 0 aliphatic carbocycles. The minimum atomic E-state index is 0.194. The van der Waals surface area contributed by atoms with Gasteiger partial charge >= 0.3 is 0 Å². The highest BCUT2D eigenvalue weighted by molar-refractivity contribution is 6.35. The fourth-order valence-electron chi connectivity index (χ4n) is 1.89. The fraction of sp³-hybridized carbons (Fsp3) is 0.571. The van der Waals surface area contributed by atoms with Gasteiger partial charge in [0.15, 0.2) is 0 Å². The summed E-state index contributed by atoms with van der Waals surface area (Å²) >= 11 is 12.1. The molecule has 0 spiro atoms. The van der Waals surface area contributed by atoms with E-state index in [9.17, 15) is 0 Å². The van der Waals surface area contributed by atoms with Crippen LogP contribution < -0.4 is 10.1 Å². The van der Waals surface area contributed by atoms with Crippen LogP contribution in [-0.2, 0) is 0 Å². The summed E-state index contributed by atoms with van der Waals surface area (Å²) in [5.41, 5.74) is 0.984. The maximum Gasteiger partial charge on any atom is 0.141 e. The number of hydrogen-bond donors (Lipinski definition) is 1. The summed E-state index contributed by atoms with van der Waals surface area (Å²) < 4.78 is 6.04. The summed E-state index contributed by atoms with van der Waals surface area (Å²) in [4.78, 5) is 0. The predicted molar refractivity (Wildman–Crippen MR) is 79.1 cm³/mol. The van der Waals surface area contributed by atoms with Gasteiger partial charge in [-0.25, -0.2) is 0 Å². The van der Waals surface area contributed by atoms with E-state index in [4.69, 9.17) is 27.9 Å². The number of benzene rings is 1. The quantitative estimate of drug-likeness (QED) is 0.800. The summed E-state index contributed by atoms with van der Waals surface area (Å²) in [6.07, 6.45) is 3.29. The first-order chi connectivity index (χ1) is 8.58. The lowest BCUT2D eigenvalue weighted by Crippen LogP contribution is -2.22. The lowest BCUT2D eigenvalue weighted by molar-refractivity contribution is 0.179.